The normalized spacial score (nSPS) is 11.5. The molecule has 2 aromatic rings. The summed E-state index contributed by atoms with van der Waals surface area (Å²) in [6.45, 7) is 4.98. The first kappa shape index (κ1) is 18.5. The standard InChI is InChI=1S/C18H24N4O3/c1-4-13(2)22-18(23)16-11-17(21-12-20-16)19-9-10-25-15-7-5-14(24-3)6-8-15/h5-8,11-13H,4,9-10H2,1-3H3,(H,22,23)(H,19,20,21). The van der Waals surface area contributed by atoms with Crippen molar-refractivity contribution in [3.63, 3.8) is 0 Å². The molecular formula is C18H24N4O3. The summed E-state index contributed by atoms with van der Waals surface area (Å²) in [5.41, 5.74) is 0.342. The molecule has 1 aromatic heterocycles. The summed E-state index contributed by atoms with van der Waals surface area (Å²) in [5, 5.41) is 6.00. The Bertz CT molecular complexity index is 676. The van der Waals surface area contributed by atoms with E-state index in [9.17, 15) is 4.79 Å². The SMILES string of the molecule is CCC(C)NC(=O)c1cc(NCCOc2ccc(OC)cc2)ncn1. The summed E-state index contributed by atoms with van der Waals surface area (Å²) in [4.78, 5) is 20.2. The van der Waals surface area contributed by atoms with E-state index in [0.717, 1.165) is 17.9 Å². The minimum Gasteiger partial charge on any atom is -0.497 e. The number of anilines is 1. The molecule has 0 aliphatic heterocycles. The number of carbonyl (C=O) groups is 1. The molecule has 1 aromatic carbocycles. The number of methoxy groups -OCH3 is 1. The Kier molecular flexibility index (Phi) is 7.00. The van der Waals surface area contributed by atoms with Crippen molar-refractivity contribution >= 4 is 11.7 Å². The average molecular weight is 344 g/mol. The van der Waals surface area contributed by atoms with Gasteiger partial charge in [0.25, 0.3) is 5.91 Å². The number of benzene rings is 1. The van der Waals surface area contributed by atoms with E-state index in [1.54, 1.807) is 13.2 Å². The summed E-state index contributed by atoms with van der Waals surface area (Å²) in [6, 6.07) is 9.12. The zero-order valence-electron chi connectivity index (χ0n) is 14.8. The van der Waals surface area contributed by atoms with Gasteiger partial charge in [0.1, 0.15) is 35.9 Å². The van der Waals surface area contributed by atoms with E-state index in [0.29, 0.717) is 24.7 Å². The highest BCUT2D eigenvalue weighted by Gasteiger charge is 2.10. The Morgan fingerprint density at radius 2 is 1.92 bits per heavy atom. The summed E-state index contributed by atoms with van der Waals surface area (Å²) in [5.74, 6) is 1.94. The second-order valence-electron chi connectivity index (χ2n) is 5.52. The number of aromatic nitrogens is 2. The molecule has 7 heteroatoms. The number of carbonyl (C=O) groups excluding carboxylic acids is 1. The van der Waals surface area contributed by atoms with Gasteiger partial charge in [0, 0.05) is 12.1 Å². The predicted octanol–water partition coefficient (Wildman–Crippen LogP) is 2.50. The third-order valence-electron chi connectivity index (χ3n) is 3.63. The van der Waals surface area contributed by atoms with Crippen LogP contribution in [0.5, 0.6) is 11.5 Å². The van der Waals surface area contributed by atoms with Gasteiger partial charge < -0.3 is 20.1 Å². The van der Waals surface area contributed by atoms with Crippen LogP contribution in [0.1, 0.15) is 30.8 Å². The fourth-order valence-corrected chi connectivity index (χ4v) is 2.00. The first-order chi connectivity index (χ1) is 12.1. The predicted molar refractivity (Wildman–Crippen MR) is 96.2 cm³/mol. The van der Waals surface area contributed by atoms with E-state index in [1.807, 2.05) is 38.1 Å². The molecule has 25 heavy (non-hydrogen) atoms. The van der Waals surface area contributed by atoms with Gasteiger partial charge in [0.2, 0.25) is 0 Å². The summed E-state index contributed by atoms with van der Waals surface area (Å²) in [6.07, 6.45) is 2.24. The topological polar surface area (TPSA) is 85.4 Å². The van der Waals surface area contributed by atoms with Crippen LogP contribution in [0.3, 0.4) is 0 Å². The molecule has 0 saturated carbocycles. The van der Waals surface area contributed by atoms with Crippen molar-refractivity contribution in [1.29, 1.82) is 0 Å². The van der Waals surface area contributed by atoms with E-state index in [-0.39, 0.29) is 11.9 Å². The fourth-order valence-electron chi connectivity index (χ4n) is 2.00. The van der Waals surface area contributed by atoms with Gasteiger partial charge in [0.15, 0.2) is 0 Å². The maximum absolute atomic E-state index is 12.1. The smallest absolute Gasteiger partial charge is 0.270 e. The van der Waals surface area contributed by atoms with Gasteiger partial charge in [-0.1, -0.05) is 6.92 Å². The Morgan fingerprint density at radius 1 is 1.20 bits per heavy atom. The number of nitrogens with one attached hydrogen (secondary N) is 2. The van der Waals surface area contributed by atoms with Crippen molar-refractivity contribution in [2.24, 2.45) is 0 Å². The van der Waals surface area contributed by atoms with Gasteiger partial charge in [0.05, 0.1) is 13.7 Å². The van der Waals surface area contributed by atoms with Crippen LogP contribution in [0.15, 0.2) is 36.7 Å². The minimum absolute atomic E-state index is 0.108. The van der Waals surface area contributed by atoms with Crippen LogP contribution in [-0.4, -0.2) is 42.2 Å². The van der Waals surface area contributed by atoms with Crippen LogP contribution in [0, 0.1) is 0 Å². The second-order valence-corrected chi connectivity index (χ2v) is 5.52. The third-order valence-corrected chi connectivity index (χ3v) is 3.63. The van der Waals surface area contributed by atoms with Crippen LogP contribution in [0.4, 0.5) is 5.82 Å². The first-order valence-corrected chi connectivity index (χ1v) is 8.26. The largest absolute Gasteiger partial charge is 0.497 e. The molecule has 1 atom stereocenters. The quantitative estimate of drug-likeness (QED) is 0.680. The maximum Gasteiger partial charge on any atom is 0.270 e. The van der Waals surface area contributed by atoms with Crippen molar-refractivity contribution in [1.82, 2.24) is 15.3 Å². The monoisotopic (exact) mass is 344 g/mol. The molecule has 0 radical (unpaired) electrons. The van der Waals surface area contributed by atoms with Gasteiger partial charge in [-0.2, -0.15) is 0 Å². The highest BCUT2D eigenvalue weighted by atomic mass is 16.5. The van der Waals surface area contributed by atoms with Crippen LogP contribution in [0.2, 0.25) is 0 Å². The Labute approximate surface area is 147 Å². The molecule has 0 fully saturated rings. The van der Waals surface area contributed by atoms with Gasteiger partial charge in [-0.15, -0.1) is 0 Å². The van der Waals surface area contributed by atoms with Gasteiger partial charge in [-0.05, 0) is 37.6 Å². The second kappa shape index (κ2) is 9.46. The third kappa shape index (κ3) is 5.95. The number of ether oxygens (including phenoxy) is 2. The van der Waals surface area contributed by atoms with Crippen LogP contribution >= 0.6 is 0 Å². The van der Waals surface area contributed by atoms with E-state index in [2.05, 4.69) is 20.6 Å². The van der Waals surface area contributed by atoms with Crippen molar-refractivity contribution in [3.05, 3.63) is 42.4 Å². The Hall–Kier alpha value is -2.83. The van der Waals surface area contributed by atoms with E-state index in [4.69, 9.17) is 9.47 Å². The lowest BCUT2D eigenvalue weighted by Crippen LogP contribution is -2.32. The molecule has 1 unspecified atom stereocenters. The minimum atomic E-state index is -0.200. The molecular weight excluding hydrogens is 320 g/mol. The number of rotatable bonds is 9. The van der Waals surface area contributed by atoms with E-state index in [1.165, 1.54) is 6.33 Å². The van der Waals surface area contributed by atoms with E-state index >= 15 is 0 Å². The Balaban J connectivity index is 1.80. The molecule has 0 saturated heterocycles. The molecule has 0 aliphatic rings. The van der Waals surface area contributed by atoms with Gasteiger partial charge in [-0.3, -0.25) is 4.79 Å². The lowest BCUT2D eigenvalue weighted by Gasteiger charge is -2.12. The highest BCUT2D eigenvalue weighted by molar-refractivity contribution is 5.93. The van der Waals surface area contributed by atoms with Crippen molar-refractivity contribution in [3.8, 4) is 11.5 Å². The highest BCUT2D eigenvalue weighted by Crippen LogP contribution is 2.16. The number of amides is 1. The molecule has 2 rings (SSSR count). The summed E-state index contributed by atoms with van der Waals surface area (Å²) >= 11 is 0. The molecule has 1 amide bonds. The number of nitrogens with zero attached hydrogens (tertiary/aromatic N) is 2. The zero-order valence-corrected chi connectivity index (χ0v) is 14.8. The van der Waals surface area contributed by atoms with Crippen LogP contribution < -0.4 is 20.1 Å². The van der Waals surface area contributed by atoms with Gasteiger partial charge in [-0.25, -0.2) is 9.97 Å². The number of hydrogen-bond donors (Lipinski definition) is 2. The average Bonchev–Trinajstić information content (AvgIpc) is 2.65. The summed E-state index contributed by atoms with van der Waals surface area (Å²) in [7, 11) is 1.62. The molecule has 7 nitrogen and oxygen atoms in total. The Morgan fingerprint density at radius 3 is 2.60 bits per heavy atom. The first-order valence-electron chi connectivity index (χ1n) is 8.26. The van der Waals surface area contributed by atoms with Crippen LogP contribution in [-0.2, 0) is 0 Å². The van der Waals surface area contributed by atoms with E-state index < -0.39 is 0 Å². The lowest BCUT2D eigenvalue weighted by molar-refractivity contribution is 0.0934. The molecule has 134 valence electrons. The van der Waals surface area contributed by atoms with Crippen molar-refractivity contribution in [2.75, 3.05) is 25.6 Å². The van der Waals surface area contributed by atoms with Gasteiger partial charge >= 0.3 is 0 Å². The maximum atomic E-state index is 12.1. The lowest BCUT2D eigenvalue weighted by atomic mass is 10.2. The number of hydrogen-bond acceptors (Lipinski definition) is 6. The molecule has 0 spiro atoms. The van der Waals surface area contributed by atoms with Crippen LogP contribution in [0.25, 0.3) is 0 Å². The van der Waals surface area contributed by atoms with Crippen molar-refractivity contribution in [2.45, 2.75) is 26.3 Å². The fraction of sp³-hybridized carbons (Fsp3) is 0.389. The van der Waals surface area contributed by atoms with Crippen molar-refractivity contribution < 1.29 is 14.3 Å². The molecule has 2 N–H and O–H groups in total. The summed E-state index contributed by atoms with van der Waals surface area (Å²) < 4.78 is 10.7. The molecule has 0 bridgehead atoms. The molecule has 1 heterocycles. The zero-order chi connectivity index (χ0) is 18.1. The molecule has 0 aliphatic carbocycles.